The highest BCUT2D eigenvalue weighted by molar-refractivity contribution is 6.03. The molecule has 1 saturated heterocycles. The molecule has 1 fully saturated rings. The minimum absolute atomic E-state index is 0.0176. The lowest BCUT2D eigenvalue weighted by Gasteiger charge is -2.31. The Morgan fingerprint density at radius 3 is 2.23 bits per heavy atom. The first-order chi connectivity index (χ1) is 6.03. The summed E-state index contributed by atoms with van der Waals surface area (Å²) in [6.07, 6.45) is 2.25. The van der Waals surface area contributed by atoms with Crippen molar-refractivity contribution in [3.8, 4) is 0 Å². The number of nitrogens with one attached hydrogen (secondary N) is 1. The number of carbonyl (C=O) groups is 2. The Kier molecular flexibility index (Phi) is 2.74. The molecule has 0 spiro atoms. The molecule has 1 aliphatic rings. The fourth-order valence-electron chi connectivity index (χ4n) is 1.86. The van der Waals surface area contributed by atoms with Gasteiger partial charge in [-0.05, 0) is 18.3 Å². The molecule has 0 saturated carbocycles. The Morgan fingerprint density at radius 2 is 1.92 bits per heavy atom. The van der Waals surface area contributed by atoms with Crippen LogP contribution in [-0.2, 0) is 9.59 Å². The van der Waals surface area contributed by atoms with Gasteiger partial charge >= 0.3 is 0 Å². The van der Waals surface area contributed by atoms with Crippen LogP contribution in [0.1, 0.15) is 40.0 Å². The molecule has 13 heavy (non-hydrogen) atoms. The van der Waals surface area contributed by atoms with Gasteiger partial charge in [-0.2, -0.15) is 0 Å². The predicted octanol–water partition coefficient (Wildman–Crippen LogP) is 1.48. The summed E-state index contributed by atoms with van der Waals surface area (Å²) in [5, 5.41) is 2.36. The van der Waals surface area contributed by atoms with Gasteiger partial charge in [0.15, 0.2) is 0 Å². The van der Waals surface area contributed by atoms with E-state index in [-0.39, 0.29) is 23.1 Å². The van der Waals surface area contributed by atoms with Gasteiger partial charge < -0.3 is 0 Å². The molecule has 1 unspecified atom stereocenters. The lowest BCUT2D eigenvalue weighted by atomic mass is 9.72. The van der Waals surface area contributed by atoms with Gasteiger partial charge in [0.2, 0.25) is 11.8 Å². The number of rotatable bonds is 3. The van der Waals surface area contributed by atoms with Crippen molar-refractivity contribution in [2.75, 3.05) is 0 Å². The molecular weight excluding hydrogens is 166 g/mol. The van der Waals surface area contributed by atoms with Crippen molar-refractivity contribution in [1.82, 2.24) is 5.32 Å². The predicted molar refractivity (Wildman–Crippen MR) is 49.9 cm³/mol. The third kappa shape index (κ3) is 1.74. The molecule has 3 heteroatoms. The highest BCUT2D eigenvalue weighted by Gasteiger charge is 2.42. The number of imide groups is 1. The first-order valence-corrected chi connectivity index (χ1v) is 4.87. The van der Waals surface area contributed by atoms with Crippen LogP contribution in [0.4, 0.5) is 0 Å². The van der Waals surface area contributed by atoms with Crippen LogP contribution in [0.3, 0.4) is 0 Å². The monoisotopic (exact) mass is 183 g/mol. The summed E-state index contributed by atoms with van der Waals surface area (Å²) in [6, 6.07) is 0. The average Bonchev–Trinajstić information content (AvgIpc) is 2.44. The molecule has 1 heterocycles. The maximum absolute atomic E-state index is 11.4. The van der Waals surface area contributed by atoms with Gasteiger partial charge in [-0.15, -0.1) is 0 Å². The van der Waals surface area contributed by atoms with Crippen LogP contribution in [0.5, 0.6) is 0 Å². The van der Waals surface area contributed by atoms with Gasteiger partial charge in [0.25, 0.3) is 0 Å². The van der Waals surface area contributed by atoms with Gasteiger partial charge in [0.1, 0.15) is 0 Å². The topological polar surface area (TPSA) is 46.2 Å². The second-order valence-electron chi connectivity index (χ2n) is 4.03. The molecule has 1 rings (SSSR count). The number of hydrogen-bond acceptors (Lipinski definition) is 2. The van der Waals surface area contributed by atoms with Crippen LogP contribution in [0.2, 0.25) is 0 Å². The van der Waals surface area contributed by atoms with E-state index in [9.17, 15) is 9.59 Å². The fourth-order valence-corrected chi connectivity index (χ4v) is 1.86. The summed E-state index contributed by atoms with van der Waals surface area (Å²) in [5.41, 5.74) is -0.0176. The standard InChI is InChI=1S/C10H17NO2/c1-4-10(3,5-2)7-6-8(12)11-9(7)13/h7H,4-6H2,1-3H3,(H,11,12,13). The molecule has 0 aromatic heterocycles. The molecule has 1 aliphatic heterocycles. The molecule has 0 bridgehead atoms. The van der Waals surface area contributed by atoms with Gasteiger partial charge in [0, 0.05) is 6.42 Å². The first-order valence-electron chi connectivity index (χ1n) is 4.87. The van der Waals surface area contributed by atoms with Crippen molar-refractivity contribution in [2.45, 2.75) is 40.0 Å². The second-order valence-corrected chi connectivity index (χ2v) is 4.03. The van der Waals surface area contributed by atoms with Gasteiger partial charge in [0.05, 0.1) is 5.92 Å². The molecule has 1 N–H and O–H groups in total. The zero-order chi connectivity index (χ0) is 10.1. The van der Waals surface area contributed by atoms with Crippen molar-refractivity contribution >= 4 is 11.8 Å². The van der Waals surface area contributed by atoms with Crippen molar-refractivity contribution in [1.29, 1.82) is 0 Å². The van der Waals surface area contributed by atoms with Crippen molar-refractivity contribution < 1.29 is 9.59 Å². The normalized spacial score (nSPS) is 23.5. The van der Waals surface area contributed by atoms with Gasteiger partial charge in [-0.1, -0.05) is 20.8 Å². The van der Waals surface area contributed by atoms with E-state index in [1.165, 1.54) is 0 Å². The van der Waals surface area contributed by atoms with E-state index in [1.807, 2.05) is 0 Å². The maximum Gasteiger partial charge on any atom is 0.230 e. The molecule has 0 aliphatic carbocycles. The van der Waals surface area contributed by atoms with Crippen LogP contribution in [0, 0.1) is 11.3 Å². The molecule has 1 atom stereocenters. The van der Waals surface area contributed by atoms with E-state index in [1.54, 1.807) is 0 Å². The third-order valence-corrected chi connectivity index (χ3v) is 3.43. The Hall–Kier alpha value is -0.860. The van der Waals surface area contributed by atoms with Crippen molar-refractivity contribution in [3.63, 3.8) is 0 Å². The molecule has 0 radical (unpaired) electrons. The lowest BCUT2D eigenvalue weighted by molar-refractivity contribution is -0.127. The molecule has 0 aromatic rings. The van der Waals surface area contributed by atoms with Gasteiger partial charge in [-0.3, -0.25) is 14.9 Å². The summed E-state index contributed by atoms with van der Waals surface area (Å²) in [5.74, 6) is -0.325. The van der Waals surface area contributed by atoms with Crippen molar-refractivity contribution in [2.24, 2.45) is 11.3 Å². The van der Waals surface area contributed by atoms with E-state index in [0.717, 1.165) is 12.8 Å². The van der Waals surface area contributed by atoms with Crippen LogP contribution in [-0.4, -0.2) is 11.8 Å². The Labute approximate surface area is 78.9 Å². The Balaban J connectivity index is 2.81. The molecule has 2 amide bonds. The number of hydrogen-bond donors (Lipinski definition) is 1. The smallest absolute Gasteiger partial charge is 0.230 e. The van der Waals surface area contributed by atoms with E-state index in [0.29, 0.717) is 6.42 Å². The summed E-state index contributed by atoms with van der Waals surface area (Å²) in [6.45, 7) is 6.22. The van der Waals surface area contributed by atoms with E-state index >= 15 is 0 Å². The minimum atomic E-state index is -0.122. The third-order valence-electron chi connectivity index (χ3n) is 3.43. The van der Waals surface area contributed by atoms with Crippen molar-refractivity contribution in [3.05, 3.63) is 0 Å². The summed E-state index contributed by atoms with van der Waals surface area (Å²) < 4.78 is 0. The second kappa shape index (κ2) is 3.48. The fraction of sp³-hybridized carbons (Fsp3) is 0.800. The summed E-state index contributed by atoms with van der Waals surface area (Å²) in [4.78, 5) is 22.4. The van der Waals surface area contributed by atoms with Crippen LogP contribution < -0.4 is 5.32 Å². The first kappa shape index (κ1) is 10.2. The quantitative estimate of drug-likeness (QED) is 0.673. The lowest BCUT2D eigenvalue weighted by Crippen LogP contribution is -2.32. The van der Waals surface area contributed by atoms with Gasteiger partial charge in [-0.25, -0.2) is 0 Å². The number of amides is 2. The maximum atomic E-state index is 11.4. The Bertz CT molecular complexity index is 231. The van der Waals surface area contributed by atoms with Crippen LogP contribution in [0.25, 0.3) is 0 Å². The largest absolute Gasteiger partial charge is 0.296 e. The summed E-state index contributed by atoms with van der Waals surface area (Å²) in [7, 11) is 0. The SMILES string of the molecule is CCC(C)(CC)C1CC(=O)NC1=O. The molecular formula is C10H17NO2. The average molecular weight is 183 g/mol. The minimum Gasteiger partial charge on any atom is -0.296 e. The molecule has 3 nitrogen and oxygen atoms in total. The molecule has 0 aromatic carbocycles. The zero-order valence-corrected chi connectivity index (χ0v) is 8.52. The summed E-state index contributed by atoms with van der Waals surface area (Å²) >= 11 is 0. The van der Waals surface area contributed by atoms with E-state index in [2.05, 4.69) is 26.1 Å². The Morgan fingerprint density at radius 1 is 1.38 bits per heavy atom. The highest BCUT2D eigenvalue weighted by atomic mass is 16.2. The highest BCUT2D eigenvalue weighted by Crippen LogP contribution is 2.38. The zero-order valence-electron chi connectivity index (χ0n) is 8.52. The van der Waals surface area contributed by atoms with Crippen LogP contribution in [0.15, 0.2) is 0 Å². The van der Waals surface area contributed by atoms with E-state index < -0.39 is 0 Å². The van der Waals surface area contributed by atoms with Crippen LogP contribution >= 0.6 is 0 Å². The number of carbonyl (C=O) groups excluding carboxylic acids is 2. The van der Waals surface area contributed by atoms with E-state index in [4.69, 9.17) is 0 Å². The molecule has 74 valence electrons.